The van der Waals surface area contributed by atoms with E-state index in [0.717, 1.165) is 48.4 Å². The molecule has 0 atom stereocenters. The number of nitrogens with two attached hydrogens (primary N) is 2. The topological polar surface area (TPSA) is 127 Å². The number of carbonyl (C=O) groups is 1. The normalized spacial score (nSPS) is 15.4. The number of hydrogen-bond donors (Lipinski definition) is 3. The fourth-order valence-corrected chi connectivity index (χ4v) is 3.68. The molecule has 0 bridgehead atoms. The van der Waals surface area contributed by atoms with Crippen LogP contribution >= 0.6 is 0 Å². The maximum atomic E-state index is 13.1. The van der Waals surface area contributed by atoms with Crippen LogP contribution in [0.1, 0.15) is 28.9 Å². The van der Waals surface area contributed by atoms with Gasteiger partial charge < -0.3 is 21.7 Å². The molecule has 164 valence electrons. The summed E-state index contributed by atoms with van der Waals surface area (Å²) in [5, 5.41) is 6.60. The lowest BCUT2D eigenvalue weighted by atomic mass is 9.97. The number of nitrogen functional groups attached to an aromatic ring is 1. The fourth-order valence-electron chi connectivity index (χ4n) is 3.68. The summed E-state index contributed by atoms with van der Waals surface area (Å²) in [4.78, 5) is 22.7. The van der Waals surface area contributed by atoms with Crippen molar-refractivity contribution in [2.24, 2.45) is 11.7 Å². The fraction of sp³-hybridized carbons (Fsp3) is 0.368. The molecule has 4 heterocycles. The summed E-state index contributed by atoms with van der Waals surface area (Å²) in [5.41, 5.74) is 11.1. The maximum absolute atomic E-state index is 13.1. The second-order valence-corrected chi connectivity index (χ2v) is 7.35. The number of nitrogens with zero attached hydrogens (tertiary/aromatic N) is 5. The van der Waals surface area contributed by atoms with Gasteiger partial charge >= 0.3 is 6.18 Å². The van der Waals surface area contributed by atoms with Gasteiger partial charge in [-0.15, -0.1) is 5.10 Å². The molecule has 12 heteroatoms. The standard InChI is InChI=1S/C19H21F3N8O/c20-19(21,22)14-4-8-30-17(27-14)15(16(24)28-30)18(31)26-12-10-25-5-1-13(12)29-6-2-11(9-23)3-7-29/h1,4-5,8,10-11H,2-3,6-7,9,23H2,(H2,24,28)(H,26,31). The predicted molar refractivity (Wildman–Crippen MR) is 109 cm³/mol. The number of alkyl halides is 3. The second-order valence-electron chi connectivity index (χ2n) is 7.35. The van der Waals surface area contributed by atoms with Crippen LogP contribution < -0.4 is 21.7 Å². The Bertz CT molecular complexity index is 1110. The van der Waals surface area contributed by atoms with Crippen molar-refractivity contribution in [3.63, 3.8) is 0 Å². The van der Waals surface area contributed by atoms with Crippen molar-refractivity contribution in [2.75, 3.05) is 35.6 Å². The first kappa shape index (κ1) is 20.8. The van der Waals surface area contributed by atoms with Gasteiger partial charge in [-0.3, -0.25) is 9.78 Å². The molecule has 0 aliphatic carbocycles. The lowest BCUT2D eigenvalue weighted by Gasteiger charge is -2.34. The van der Waals surface area contributed by atoms with Crippen molar-refractivity contribution in [1.82, 2.24) is 19.6 Å². The monoisotopic (exact) mass is 434 g/mol. The molecule has 0 aromatic carbocycles. The number of rotatable bonds is 4. The minimum Gasteiger partial charge on any atom is -0.381 e. The lowest BCUT2D eigenvalue weighted by Crippen LogP contribution is -2.36. The third-order valence-corrected chi connectivity index (χ3v) is 5.36. The van der Waals surface area contributed by atoms with E-state index in [1.54, 1.807) is 12.3 Å². The Morgan fingerprint density at radius 3 is 2.68 bits per heavy atom. The molecule has 31 heavy (non-hydrogen) atoms. The Hall–Kier alpha value is -3.41. The molecule has 0 saturated carbocycles. The highest BCUT2D eigenvalue weighted by molar-refractivity contribution is 6.12. The SMILES string of the molecule is NCC1CCN(c2ccncc2NC(=O)c2c(N)nn3ccc(C(F)(F)F)nc23)CC1. The van der Waals surface area contributed by atoms with E-state index in [2.05, 4.69) is 25.3 Å². The van der Waals surface area contributed by atoms with Crippen molar-refractivity contribution in [3.05, 3.63) is 42.0 Å². The first-order chi connectivity index (χ1) is 14.8. The summed E-state index contributed by atoms with van der Waals surface area (Å²) in [6, 6.07) is 2.54. The molecule has 1 aliphatic heterocycles. The Morgan fingerprint density at radius 1 is 1.26 bits per heavy atom. The largest absolute Gasteiger partial charge is 0.433 e. The zero-order chi connectivity index (χ0) is 22.2. The quantitative estimate of drug-likeness (QED) is 0.574. The summed E-state index contributed by atoms with van der Waals surface area (Å²) in [6.45, 7) is 2.17. The zero-order valence-corrected chi connectivity index (χ0v) is 16.4. The van der Waals surface area contributed by atoms with E-state index >= 15 is 0 Å². The highest BCUT2D eigenvalue weighted by Crippen LogP contribution is 2.31. The average molecular weight is 434 g/mol. The molecule has 5 N–H and O–H groups in total. The minimum atomic E-state index is -4.67. The Labute approximate surface area is 175 Å². The van der Waals surface area contributed by atoms with Crippen LogP contribution in [-0.4, -0.2) is 45.1 Å². The van der Waals surface area contributed by atoms with E-state index in [1.807, 2.05) is 0 Å². The Kier molecular flexibility index (Phi) is 5.39. The number of aromatic nitrogens is 4. The molecule has 9 nitrogen and oxygen atoms in total. The number of piperidine rings is 1. The van der Waals surface area contributed by atoms with Crippen LogP contribution in [0.15, 0.2) is 30.7 Å². The molecule has 1 fully saturated rings. The molecule has 3 aromatic heterocycles. The van der Waals surface area contributed by atoms with Crippen molar-refractivity contribution in [3.8, 4) is 0 Å². The van der Waals surface area contributed by atoms with Crippen molar-refractivity contribution >= 4 is 28.7 Å². The number of halogens is 3. The first-order valence-electron chi connectivity index (χ1n) is 9.70. The van der Waals surface area contributed by atoms with Crippen LogP contribution in [0.5, 0.6) is 0 Å². The van der Waals surface area contributed by atoms with Crippen molar-refractivity contribution in [1.29, 1.82) is 0 Å². The highest BCUT2D eigenvalue weighted by Gasteiger charge is 2.34. The van der Waals surface area contributed by atoms with Crippen molar-refractivity contribution < 1.29 is 18.0 Å². The summed E-state index contributed by atoms with van der Waals surface area (Å²) in [5.74, 6) is -0.479. The summed E-state index contributed by atoms with van der Waals surface area (Å²) < 4.78 is 40.2. The van der Waals surface area contributed by atoms with Gasteiger partial charge in [0.25, 0.3) is 5.91 Å². The van der Waals surface area contributed by atoms with Gasteiger partial charge in [-0.05, 0) is 37.4 Å². The highest BCUT2D eigenvalue weighted by atomic mass is 19.4. The lowest BCUT2D eigenvalue weighted by molar-refractivity contribution is -0.141. The molecular weight excluding hydrogens is 413 g/mol. The number of pyridine rings is 1. The number of hydrogen-bond acceptors (Lipinski definition) is 7. The van der Waals surface area contributed by atoms with E-state index in [9.17, 15) is 18.0 Å². The molecule has 1 aliphatic rings. The minimum absolute atomic E-state index is 0.224. The van der Waals surface area contributed by atoms with Gasteiger partial charge in [0.2, 0.25) is 0 Å². The van der Waals surface area contributed by atoms with Gasteiger partial charge in [-0.25, -0.2) is 9.50 Å². The van der Waals surface area contributed by atoms with Crippen LogP contribution in [0.25, 0.3) is 5.65 Å². The molecule has 3 aromatic rings. The molecule has 0 spiro atoms. The van der Waals surface area contributed by atoms with Crippen LogP contribution in [0.2, 0.25) is 0 Å². The molecule has 1 amide bonds. The third-order valence-electron chi connectivity index (χ3n) is 5.36. The van der Waals surface area contributed by atoms with Crippen LogP contribution in [0.3, 0.4) is 0 Å². The zero-order valence-electron chi connectivity index (χ0n) is 16.4. The van der Waals surface area contributed by atoms with Crippen LogP contribution in [-0.2, 0) is 6.18 Å². The van der Waals surface area contributed by atoms with Gasteiger partial charge in [0, 0.05) is 25.5 Å². The number of fused-ring (bicyclic) bond motifs is 1. The van der Waals surface area contributed by atoms with Crippen molar-refractivity contribution in [2.45, 2.75) is 19.0 Å². The summed E-state index contributed by atoms with van der Waals surface area (Å²) in [7, 11) is 0. The van der Waals surface area contributed by atoms with E-state index in [1.165, 1.54) is 6.20 Å². The molecule has 0 radical (unpaired) electrons. The molecule has 4 rings (SSSR count). The summed E-state index contributed by atoms with van der Waals surface area (Å²) in [6.07, 6.45) is 1.35. The number of carbonyl (C=O) groups excluding carboxylic acids is 1. The van der Waals surface area contributed by atoms with Gasteiger partial charge in [0.1, 0.15) is 11.3 Å². The third kappa shape index (κ3) is 4.10. The van der Waals surface area contributed by atoms with Crippen LogP contribution in [0, 0.1) is 5.92 Å². The van der Waals surface area contributed by atoms with Gasteiger partial charge in [0.15, 0.2) is 11.5 Å². The average Bonchev–Trinajstić information content (AvgIpc) is 3.08. The number of nitrogens with one attached hydrogen (secondary N) is 1. The van der Waals surface area contributed by atoms with E-state index in [-0.39, 0.29) is 17.0 Å². The van der Waals surface area contributed by atoms with Gasteiger partial charge in [0.05, 0.1) is 17.6 Å². The Morgan fingerprint density at radius 2 is 2.00 bits per heavy atom. The molecular formula is C19H21F3N8O. The second kappa shape index (κ2) is 8.02. The van der Waals surface area contributed by atoms with E-state index in [0.29, 0.717) is 18.2 Å². The van der Waals surface area contributed by atoms with E-state index in [4.69, 9.17) is 11.5 Å². The van der Waals surface area contributed by atoms with Crippen LogP contribution in [0.4, 0.5) is 30.4 Å². The maximum Gasteiger partial charge on any atom is 0.433 e. The first-order valence-corrected chi connectivity index (χ1v) is 9.70. The molecule has 1 saturated heterocycles. The number of anilines is 3. The van der Waals surface area contributed by atoms with E-state index < -0.39 is 17.8 Å². The Balaban J connectivity index is 1.64. The van der Waals surface area contributed by atoms with Gasteiger partial charge in [-0.1, -0.05) is 0 Å². The number of amides is 1. The smallest absolute Gasteiger partial charge is 0.381 e. The summed E-state index contributed by atoms with van der Waals surface area (Å²) >= 11 is 0. The predicted octanol–water partition coefficient (Wildman–Crippen LogP) is 2.15. The molecule has 0 unspecified atom stereocenters. The van der Waals surface area contributed by atoms with Gasteiger partial charge in [-0.2, -0.15) is 13.2 Å².